The molecule has 0 aliphatic carbocycles. The molecule has 0 bridgehead atoms. The van der Waals surface area contributed by atoms with Crippen LogP contribution in [0.25, 0.3) is 6.08 Å². The molecule has 4 aromatic rings. The van der Waals surface area contributed by atoms with Gasteiger partial charge in [-0.1, -0.05) is 36.3 Å². The third-order valence-electron chi connectivity index (χ3n) is 4.48. The van der Waals surface area contributed by atoms with E-state index in [0.29, 0.717) is 28.3 Å². The van der Waals surface area contributed by atoms with E-state index in [2.05, 4.69) is 27.5 Å². The number of aromatic nitrogens is 1. The Hall–Kier alpha value is -4.89. The van der Waals surface area contributed by atoms with Gasteiger partial charge in [-0.05, 0) is 60.5 Å². The fraction of sp³-hybridized carbons (Fsp3) is 0. The summed E-state index contributed by atoms with van der Waals surface area (Å²) in [5, 5.41) is 5.47. The third-order valence-corrected chi connectivity index (χ3v) is 4.48. The van der Waals surface area contributed by atoms with Crippen molar-refractivity contribution in [2.75, 3.05) is 5.32 Å². The Balaban J connectivity index is 1.53. The summed E-state index contributed by atoms with van der Waals surface area (Å²) in [5.41, 5.74) is 2.38. The lowest BCUT2D eigenvalue weighted by atomic mass is 10.2. The Bertz CT molecular complexity index is 1330. The molecule has 0 radical (unpaired) electrons. The largest absolute Gasteiger partial charge is 0.465 e. The van der Waals surface area contributed by atoms with Crippen LogP contribution in [-0.2, 0) is 4.79 Å². The first-order chi connectivity index (χ1) is 16.2. The highest BCUT2D eigenvalue weighted by Crippen LogP contribution is 2.13. The molecule has 0 atom stereocenters. The molecule has 0 saturated carbocycles. The Labute approximate surface area is 191 Å². The molecule has 2 aromatic carbocycles. The molecule has 160 valence electrons. The summed E-state index contributed by atoms with van der Waals surface area (Å²) in [4.78, 5) is 29.8. The van der Waals surface area contributed by atoms with Crippen molar-refractivity contribution in [2.45, 2.75) is 0 Å². The predicted molar refractivity (Wildman–Crippen MR) is 126 cm³/mol. The van der Waals surface area contributed by atoms with Gasteiger partial charge in [-0.15, -0.1) is 0 Å². The van der Waals surface area contributed by atoms with Crippen molar-refractivity contribution >= 4 is 23.6 Å². The average molecular weight is 433 g/mol. The van der Waals surface area contributed by atoms with Crippen LogP contribution in [0.2, 0.25) is 0 Å². The van der Waals surface area contributed by atoms with Gasteiger partial charge in [0, 0.05) is 29.1 Å². The third kappa shape index (κ3) is 6.06. The molecule has 2 amide bonds. The maximum atomic E-state index is 13.0. The quantitative estimate of drug-likeness (QED) is 0.359. The molecule has 4 rings (SSSR count). The van der Waals surface area contributed by atoms with E-state index in [1.54, 1.807) is 60.8 Å². The lowest BCUT2D eigenvalue weighted by Gasteiger charge is -2.11. The van der Waals surface area contributed by atoms with E-state index in [-0.39, 0.29) is 5.70 Å². The van der Waals surface area contributed by atoms with Gasteiger partial charge in [0.2, 0.25) is 0 Å². The van der Waals surface area contributed by atoms with Gasteiger partial charge < -0.3 is 15.1 Å². The van der Waals surface area contributed by atoms with Crippen LogP contribution in [0.5, 0.6) is 0 Å². The second-order valence-corrected chi connectivity index (χ2v) is 6.89. The monoisotopic (exact) mass is 433 g/mol. The van der Waals surface area contributed by atoms with E-state index in [9.17, 15) is 9.59 Å². The SMILES string of the molecule is O=C(Nc1cccc(C#Cc2ccccn2)c1)/C(=C/c1ccco1)NC(=O)c1ccccc1. The minimum atomic E-state index is -0.495. The molecule has 2 heterocycles. The Morgan fingerprint density at radius 1 is 0.879 bits per heavy atom. The number of benzene rings is 2. The van der Waals surface area contributed by atoms with Crippen molar-refractivity contribution in [2.24, 2.45) is 0 Å². The van der Waals surface area contributed by atoms with E-state index < -0.39 is 11.8 Å². The van der Waals surface area contributed by atoms with E-state index in [1.165, 1.54) is 12.3 Å². The second kappa shape index (κ2) is 10.4. The number of pyridine rings is 1. The predicted octanol–water partition coefficient (Wildman–Crippen LogP) is 4.48. The van der Waals surface area contributed by atoms with Gasteiger partial charge in [-0.2, -0.15) is 0 Å². The van der Waals surface area contributed by atoms with Gasteiger partial charge in [0.15, 0.2) is 0 Å². The molecular weight excluding hydrogens is 414 g/mol. The fourth-order valence-corrected chi connectivity index (χ4v) is 2.90. The van der Waals surface area contributed by atoms with Gasteiger partial charge in [0.1, 0.15) is 17.2 Å². The Kier molecular flexibility index (Phi) is 6.74. The van der Waals surface area contributed by atoms with Crippen molar-refractivity contribution in [3.8, 4) is 11.8 Å². The fourth-order valence-electron chi connectivity index (χ4n) is 2.90. The number of hydrogen-bond acceptors (Lipinski definition) is 4. The van der Waals surface area contributed by atoms with Crippen LogP contribution in [0.1, 0.15) is 27.4 Å². The van der Waals surface area contributed by atoms with Crippen LogP contribution in [-0.4, -0.2) is 16.8 Å². The van der Waals surface area contributed by atoms with Gasteiger partial charge in [-0.3, -0.25) is 9.59 Å². The summed E-state index contributed by atoms with van der Waals surface area (Å²) in [6.07, 6.45) is 4.64. The molecule has 0 fully saturated rings. The van der Waals surface area contributed by atoms with Gasteiger partial charge in [-0.25, -0.2) is 4.98 Å². The number of carbonyl (C=O) groups excluding carboxylic acids is 2. The van der Waals surface area contributed by atoms with E-state index in [1.807, 2.05) is 30.3 Å². The standard InChI is InChI=1S/C27H19N3O3/c31-26(21-9-2-1-3-10-21)30-25(19-24-13-7-17-33-24)27(32)29-23-12-6-8-20(18-23)14-15-22-11-4-5-16-28-22/h1-13,16-19H,(H,29,32)(H,30,31)/b25-19-. The molecule has 0 aliphatic rings. The van der Waals surface area contributed by atoms with Crippen molar-refractivity contribution in [3.63, 3.8) is 0 Å². The van der Waals surface area contributed by atoms with Crippen molar-refractivity contribution < 1.29 is 14.0 Å². The number of hydrogen-bond donors (Lipinski definition) is 2. The first-order valence-corrected chi connectivity index (χ1v) is 10.1. The van der Waals surface area contributed by atoms with Crippen molar-refractivity contribution in [1.29, 1.82) is 0 Å². The van der Waals surface area contributed by atoms with Gasteiger partial charge >= 0.3 is 0 Å². The molecule has 6 heteroatoms. The lowest BCUT2D eigenvalue weighted by molar-refractivity contribution is -0.113. The molecule has 0 spiro atoms. The second-order valence-electron chi connectivity index (χ2n) is 6.89. The highest BCUT2D eigenvalue weighted by molar-refractivity contribution is 6.10. The molecule has 0 saturated heterocycles. The zero-order valence-corrected chi connectivity index (χ0v) is 17.5. The number of nitrogens with zero attached hydrogens (tertiary/aromatic N) is 1. The topological polar surface area (TPSA) is 84.2 Å². The maximum Gasteiger partial charge on any atom is 0.272 e. The maximum absolute atomic E-state index is 13.0. The molecule has 2 aromatic heterocycles. The molecule has 0 aliphatic heterocycles. The number of nitrogens with one attached hydrogen (secondary N) is 2. The number of furan rings is 1. The number of carbonyl (C=O) groups is 2. The Morgan fingerprint density at radius 3 is 2.48 bits per heavy atom. The zero-order chi connectivity index (χ0) is 22.9. The van der Waals surface area contributed by atoms with Crippen LogP contribution in [0.4, 0.5) is 5.69 Å². The molecule has 33 heavy (non-hydrogen) atoms. The highest BCUT2D eigenvalue weighted by Gasteiger charge is 2.15. The van der Waals surface area contributed by atoms with E-state index in [0.717, 1.165) is 0 Å². The van der Waals surface area contributed by atoms with Crippen LogP contribution in [0, 0.1) is 11.8 Å². The summed E-state index contributed by atoms with van der Waals surface area (Å²) in [6, 6.07) is 24.7. The first kappa shape index (κ1) is 21.3. The number of amides is 2. The number of rotatable bonds is 5. The number of anilines is 1. The van der Waals surface area contributed by atoms with Crippen LogP contribution in [0.3, 0.4) is 0 Å². The molecular formula is C27H19N3O3. The smallest absolute Gasteiger partial charge is 0.272 e. The molecule has 0 unspecified atom stereocenters. The summed E-state index contributed by atoms with van der Waals surface area (Å²) in [5.74, 6) is 5.55. The van der Waals surface area contributed by atoms with E-state index in [4.69, 9.17) is 4.42 Å². The normalized spacial score (nSPS) is 10.6. The van der Waals surface area contributed by atoms with Crippen molar-refractivity contribution in [3.05, 3.63) is 126 Å². The minimum Gasteiger partial charge on any atom is -0.465 e. The van der Waals surface area contributed by atoms with Crippen molar-refractivity contribution in [1.82, 2.24) is 10.3 Å². The van der Waals surface area contributed by atoms with Crippen LogP contribution in [0.15, 0.2) is 108 Å². The molecule has 6 nitrogen and oxygen atoms in total. The zero-order valence-electron chi connectivity index (χ0n) is 17.5. The van der Waals surface area contributed by atoms with Crippen LogP contribution < -0.4 is 10.6 Å². The summed E-state index contributed by atoms with van der Waals surface area (Å²) < 4.78 is 5.31. The minimum absolute atomic E-state index is 0.0452. The Morgan fingerprint density at radius 2 is 1.73 bits per heavy atom. The summed E-state index contributed by atoms with van der Waals surface area (Å²) in [7, 11) is 0. The van der Waals surface area contributed by atoms with Gasteiger partial charge in [0.25, 0.3) is 11.8 Å². The lowest BCUT2D eigenvalue weighted by Crippen LogP contribution is -2.30. The average Bonchev–Trinajstić information content (AvgIpc) is 3.37. The highest BCUT2D eigenvalue weighted by atomic mass is 16.3. The first-order valence-electron chi connectivity index (χ1n) is 10.1. The van der Waals surface area contributed by atoms with Gasteiger partial charge in [0.05, 0.1) is 6.26 Å². The summed E-state index contributed by atoms with van der Waals surface area (Å²) >= 11 is 0. The van der Waals surface area contributed by atoms with E-state index >= 15 is 0 Å². The summed E-state index contributed by atoms with van der Waals surface area (Å²) in [6.45, 7) is 0. The van der Waals surface area contributed by atoms with Crippen LogP contribution >= 0.6 is 0 Å². The molecule has 2 N–H and O–H groups in total.